The Labute approximate surface area is 124 Å². The molecule has 1 heterocycles. The topological polar surface area (TPSA) is 85.0 Å². The van der Waals surface area contributed by atoms with Gasteiger partial charge in [0.05, 0.1) is 11.8 Å². The van der Waals surface area contributed by atoms with Crippen LogP contribution in [0.1, 0.15) is 28.5 Å². The third-order valence-electron chi connectivity index (χ3n) is 3.43. The van der Waals surface area contributed by atoms with Crippen molar-refractivity contribution in [3.63, 3.8) is 0 Å². The maximum absolute atomic E-state index is 12.1. The molecule has 6 heteroatoms. The van der Waals surface area contributed by atoms with Gasteiger partial charge in [0, 0.05) is 42.8 Å². The highest BCUT2D eigenvalue weighted by Crippen LogP contribution is 2.20. The molecule has 0 spiro atoms. The molecule has 0 fully saturated rings. The van der Waals surface area contributed by atoms with Gasteiger partial charge in [0.2, 0.25) is 0 Å². The first-order valence-corrected chi connectivity index (χ1v) is 6.92. The lowest BCUT2D eigenvalue weighted by atomic mass is 10.1. The number of carbonyl (C=O) groups is 1. The lowest BCUT2D eigenvalue weighted by Gasteiger charge is -2.12. The lowest BCUT2D eigenvalue weighted by molar-refractivity contribution is 0.0956. The van der Waals surface area contributed by atoms with Gasteiger partial charge in [-0.1, -0.05) is 0 Å². The summed E-state index contributed by atoms with van der Waals surface area (Å²) in [4.78, 5) is 12.1. The first-order valence-electron chi connectivity index (χ1n) is 6.92. The van der Waals surface area contributed by atoms with E-state index in [1.54, 1.807) is 18.2 Å². The van der Waals surface area contributed by atoms with E-state index < -0.39 is 0 Å². The monoisotopic (exact) mass is 287 g/mol. The second kappa shape index (κ2) is 6.30. The summed E-state index contributed by atoms with van der Waals surface area (Å²) in [5.41, 5.74) is 9.93. The molecule has 0 aliphatic carbocycles. The summed E-state index contributed by atoms with van der Waals surface area (Å²) in [6.45, 7) is 5.08. The van der Waals surface area contributed by atoms with Crippen LogP contribution in [0.2, 0.25) is 0 Å². The van der Waals surface area contributed by atoms with Crippen LogP contribution in [0, 0.1) is 6.92 Å². The van der Waals surface area contributed by atoms with Crippen LogP contribution in [0.4, 0.5) is 11.4 Å². The predicted molar refractivity (Wildman–Crippen MR) is 84.1 cm³/mol. The molecule has 4 N–H and O–H groups in total. The molecule has 0 aliphatic heterocycles. The molecule has 0 bridgehead atoms. The Morgan fingerprint density at radius 1 is 1.43 bits per heavy atom. The van der Waals surface area contributed by atoms with Gasteiger partial charge < -0.3 is 16.4 Å². The highest BCUT2D eigenvalue weighted by molar-refractivity contribution is 6.00. The minimum absolute atomic E-state index is 0.108. The Kier molecular flexibility index (Phi) is 4.47. The zero-order valence-corrected chi connectivity index (χ0v) is 12.6. The minimum atomic E-state index is -0.108. The maximum Gasteiger partial charge on any atom is 0.253 e. The number of hydrogen-bond acceptors (Lipinski definition) is 4. The second-order valence-corrected chi connectivity index (χ2v) is 4.90. The number of carbonyl (C=O) groups excluding carboxylic acids is 1. The number of rotatable bonds is 5. The average molecular weight is 287 g/mol. The Balaban J connectivity index is 2.20. The molecule has 0 saturated carbocycles. The Hall–Kier alpha value is -2.50. The largest absolute Gasteiger partial charge is 0.399 e. The van der Waals surface area contributed by atoms with E-state index in [0.29, 0.717) is 24.3 Å². The molecule has 21 heavy (non-hydrogen) atoms. The molecular weight excluding hydrogens is 266 g/mol. The van der Waals surface area contributed by atoms with Gasteiger partial charge >= 0.3 is 0 Å². The van der Waals surface area contributed by atoms with E-state index in [4.69, 9.17) is 5.73 Å². The summed E-state index contributed by atoms with van der Waals surface area (Å²) in [6, 6.07) is 5.24. The van der Waals surface area contributed by atoms with Crippen molar-refractivity contribution < 1.29 is 4.79 Å². The highest BCUT2D eigenvalue weighted by Gasteiger charge is 2.11. The molecule has 0 unspecified atom stereocenters. The number of nitrogen functional groups attached to an aromatic ring is 1. The van der Waals surface area contributed by atoms with Gasteiger partial charge in [0.1, 0.15) is 0 Å². The highest BCUT2D eigenvalue weighted by atomic mass is 16.1. The number of hydrogen-bond donors (Lipinski definition) is 3. The number of amides is 1. The first kappa shape index (κ1) is 14.9. The van der Waals surface area contributed by atoms with E-state index in [1.165, 1.54) is 0 Å². The van der Waals surface area contributed by atoms with E-state index in [0.717, 1.165) is 16.9 Å². The fourth-order valence-electron chi connectivity index (χ4n) is 2.07. The Morgan fingerprint density at radius 3 is 2.81 bits per heavy atom. The molecule has 0 radical (unpaired) electrons. The summed E-state index contributed by atoms with van der Waals surface area (Å²) in [5.74, 6) is -0.108. The summed E-state index contributed by atoms with van der Waals surface area (Å²) >= 11 is 0. The van der Waals surface area contributed by atoms with Gasteiger partial charge in [-0.05, 0) is 32.0 Å². The van der Waals surface area contributed by atoms with Gasteiger partial charge in [-0.25, -0.2) is 0 Å². The van der Waals surface area contributed by atoms with Crippen LogP contribution in [0.3, 0.4) is 0 Å². The standard InChI is InChI=1S/C15H21N5O/c1-4-17-15(21)13-6-5-12(16)7-14(13)18-8-11-9-19-20(3)10(11)2/h5-7,9,18H,4,8,16H2,1-3H3,(H,17,21). The molecule has 6 nitrogen and oxygen atoms in total. The fraction of sp³-hybridized carbons (Fsp3) is 0.333. The number of nitrogens with zero attached hydrogens (tertiary/aromatic N) is 2. The second-order valence-electron chi connectivity index (χ2n) is 4.90. The number of aryl methyl sites for hydroxylation is 1. The molecule has 1 aromatic heterocycles. The Morgan fingerprint density at radius 2 is 2.19 bits per heavy atom. The van der Waals surface area contributed by atoms with Crippen LogP contribution < -0.4 is 16.4 Å². The number of benzene rings is 1. The van der Waals surface area contributed by atoms with E-state index in [9.17, 15) is 4.79 Å². The van der Waals surface area contributed by atoms with Gasteiger partial charge in [0.15, 0.2) is 0 Å². The van der Waals surface area contributed by atoms with Crippen LogP contribution in [-0.2, 0) is 13.6 Å². The fourth-order valence-corrected chi connectivity index (χ4v) is 2.07. The van der Waals surface area contributed by atoms with Crippen molar-refractivity contribution in [1.82, 2.24) is 15.1 Å². The van der Waals surface area contributed by atoms with Crippen molar-refractivity contribution in [2.45, 2.75) is 20.4 Å². The molecule has 2 aromatic rings. The SMILES string of the molecule is CCNC(=O)c1ccc(N)cc1NCc1cnn(C)c1C. The molecule has 112 valence electrons. The van der Waals surface area contributed by atoms with Crippen molar-refractivity contribution in [2.75, 3.05) is 17.6 Å². The van der Waals surface area contributed by atoms with Crippen LogP contribution in [0.15, 0.2) is 24.4 Å². The van der Waals surface area contributed by atoms with Crippen molar-refractivity contribution in [3.8, 4) is 0 Å². The average Bonchev–Trinajstić information content (AvgIpc) is 2.77. The lowest BCUT2D eigenvalue weighted by Crippen LogP contribution is -2.24. The van der Waals surface area contributed by atoms with Crippen molar-refractivity contribution in [1.29, 1.82) is 0 Å². The van der Waals surface area contributed by atoms with E-state index in [1.807, 2.05) is 31.8 Å². The molecule has 1 aromatic carbocycles. The van der Waals surface area contributed by atoms with Gasteiger partial charge in [-0.2, -0.15) is 5.10 Å². The number of nitrogens with one attached hydrogen (secondary N) is 2. The predicted octanol–water partition coefficient (Wildman–Crippen LogP) is 1.67. The maximum atomic E-state index is 12.1. The first-order chi connectivity index (χ1) is 10.0. The van der Waals surface area contributed by atoms with Gasteiger partial charge in [-0.3, -0.25) is 9.48 Å². The number of aromatic nitrogens is 2. The van der Waals surface area contributed by atoms with Crippen LogP contribution in [0.5, 0.6) is 0 Å². The van der Waals surface area contributed by atoms with Crippen LogP contribution >= 0.6 is 0 Å². The molecule has 1 amide bonds. The summed E-state index contributed by atoms with van der Waals surface area (Å²) in [7, 11) is 1.90. The van der Waals surface area contributed by atoms with Crippen molar-refractivity contribution >= 4 is 17.3 Å². The zero-order chi connectivity index (χ0) is 15.4. The molecule has 0 aliphatic rings. The molecule has 0 saturated heterocycles. The number of nitrogens with two attached hydrogens (primary N) is 1. The quantitative estimate of drug-likeness (QED) is 0.730. The van der Waals surface area contributed by atoms with E-state index in [2.05, 4.69) is 15.7 Å². The third-order valence-corrected chi connectivity index (χ3v) is 3.43. The summed E-state index contributed by atoms with van der Waals surface area (Å²) in [5, 5.41) is 10.3. The van der Waals surface area contributed by atoms with Crippen LogP contribution in [-0.4, -0.2) is 22.2 Å². The minimum Gasteiger partial charge on any atom is -0.399 e. The van der Waals surface area contributed by atoms with E-state index in [-0.39, 0.29) is 5.91 Å². The summed E-state index contributed by atoms with van der Waals surface area (Å²) < 4.78 is 1.82. The van der Waals surface area contributed by atoms with Crippen molar-refractivity contribution in [3.05, 3.63) is 41.2 Å². The number of anilines is 2. The van der Waals surface area contributed by atoms with E-state index >= 15 is 0 Å². The summed E-state index contributed by atoms with van der Waals surface area (Å²) in [6.07, 6.45) is 1.82. The van der Waals surface area contributed by atoms with Crippen molar-refractivity contribution in [2.24, 2.45) is 7.05 Å². The molecular formula is C15H21N5O. The smallest absolute Gasteiger partial charge is 0.253 e. The third kappa shape index (κ3) is 3.34. The zero-order valence-electron chi connectivity index (χ0n) is 12.6. The Bertz CT molecular complexity index is 648. The van der Waals surface area contributed by atoms with Gasteiger partial charge in [-0.15, -0.1) is 0 Å². The molecule has 0 atom stereocenters. The normalized spacial score (nSPS) is 10.4. The molecule has 2 rings (SSSR count). The van der Waals surface area contributed by atoms with Gasteiger partial charge in [0.25, 0.3) is 5.91 Å². The van der Waals surface area contributed by atoms with Crippen LogP contribution in [0.25, 0.3) is 0 Å².